The van der Waals surface area contributed by atoms with Crippen LogP contribution in [0.5, 0.6) is 0 Å². The zero-order valence-electron chi connectivity index (χ0n) is 13.8. The number of hydrogen-bond donors (Lipinski definition) is 1. The lowest BCUT2D eigenvalue weighted by Gasteiger charge is -2.13. The predicted molar refractivity (Wildman–Crippen MR) is 95.2 cm³/mol. The van der Waals surface area contributed by atoms with Crippen LogP contribution in [0, 0.1) is 11.6 Å². The fourth-order valence-electron chi connectivity index (χ4n) is 3.34. The standard InChI is InChI=1S/C19H13BrF2N2O3/c20-9-4-5-10-11(6-9)19(27)24(18(10)26)8-16(25)23-15-7-12(15)17-13(21)2-1-3-14(17)22/h1-6,12,15H,7-8H2,(H,23,25)/t12-,15-/m1/s1. The van der Waals surface area contributed by atoms with E-state index in [1.807, 2.05) is 0 Å². The fourth-order valence-corrected chi connectivity index (χ4v) is 3.70. The molecular formula is C19H13BrF2N2O3. The summed E-state index contributed by atoms with van der Waals surface area (Å²) in [6.07, 6.45) is 0.401. The van der Waals surface area contributed by atoms with Crippen LogP contribution in [-0.2, 0) is 4.79 Å². The summed E-state index contributed by atoms with van der Waals surface area (Å²) in [7, 11) is 0. The lowest BCUT2D eigenvalue weighted by atomic mass is 10.1. The third-order valence-electron chi connectivity index (χ3n) is 4.74. The summed E-state index contributed by atoms with van der Waals surface area (Å²) < 4.78 is 28.3. The van der Waals surface area contributed by atoms with Gasteiger partial charge in [0.1, 0.15) is 18.2 Å². The Morgan fingerprint density at radius 2 is 1.78 bits per heavy atom. The molecule has 1 saturated carbocycles. The van der Waals surface area contributed by atoms with Crippen molar-refractivity contribution in [1.29, 1.82) is 0 Å². The van der Waals surface area contributed by atoms with Crippen molar-refractivity contribution in [3.05, 3.63) is 69.2 Å². The zero-order chi connectivity index (χ0) is 19.3. The summed E-state index contributed by atoms with van der Waals surface area (Å²) in [5.41, 5.74) is 0.432. The number of imide groups is 1. The molecule has 0 bridgehead atoms. The lowest BCUT2D eigenvalue weighted by Crippen LogP contribution is -2.41. The van der Waals surface area contributed by atoms with E-state index in [1.165, 1.54) is 30.3 Å². The van der Waals surface area contributed by atoms with E-state index in [0.717, 1.165) is 4.90 Å². The molecule has 2 aliphatic rings. The van der Waals surface area contributed by atoms with Gasteiger partial charge in [-0.15, -0.1) is 0 Å². The smallest absolute Gasteiger partial charge is 0.262 e. The average molecular weight is 435 g/mol. The van der Waals surface area contributed by atoms with Gasteiger partial charge < -0.3 is 5.32 Å². The van der Waals surface area contributed by atoms with E-state index in [4.69, 9.17) is 0 Å². The number of rotatable bonds is 4. The Kier molecular flexibility index (Phi) is 4.30. The van der Waals surface area contributed by atoms with E-state index in [0.29, 0.717) is 10.9 Å². The van der Waals surface area contributed by atoms with Gasteiger partial charge in [0.2, 0.25) is 5.91 Å². The summed E-state index contributed by atoms with van der Waals surface area (Å²) in [5, 5.41) is 2.64. The van der Waals surface area contributed by atoms with E-state index in [-0.39, 0.29) is 16.7 Å². The van der Waals surface area contributed by atoms with Crippen molar-refractivity contribution in [2.24, 2.45) is 0 Å². The first-order chi connectivity index (χ1) is 12.9. The van der Waals surface area contributed by atoms with E-state index >= 15 is 0 Å². The highest BCUT2D eigenvalue weighted by Gasteiger charge is 2.44. The molecule has 1 N–H and O–H groups in total. The van der Waals surface area contributed by atoms with E-state index in [1.54, 1.807) is 6.07 Å². The highest BCUT2D eigenvalue weighted by molar-refractivity contribution is 9.10. The van der Waals surface area contributed by atoms with Crippen molar-refractivity contribution >= 4 is 33.7 Å². The van der Waals surface area contributed by atoms with Gasteiger partial charge in [0.15, 0.2) is 0 Å². The number of carbonyl (C=O) groups excluding carboxylic acids is 3. The molecule has 4 rings (SSSR count). The molecule has 0 spiro atoms. The second-order valence-corrected chi connectivity index (χ2v) is 7.45. The SMILES string of the molecule is O=C(CN1C(=O)c2ccc(Br)cc2C1=O)N[C@@H]1C[C@H]1c1c(F)cccc1F. The summed E-state index contributed by atoms with van der Waals surface area (Å²) >= 11 is 3.24. The van der Waals surface area contributed by atoms with Crippen molar-refractivity contribution in [2.45, 2.75) is 18.4 Å². The molecule has 5 nitrogen and oxygen atoms in total. The maximum atomic E-state index is 13.8. The largest absolute Gasteiger partial charge is 0.351 e. The van der Waals surface area contributed by atoms with Crippen molar-refractivity contribution in [1.82, 2.24) is 10.2 Å². The van der Waals surface area contributed by atoms with Crippen LogP contribution in [0.25, 0.3) is 0 Å². The highest BCUT2D eigenvalue weighted by Crippen LogP contribution is 2.43. The number of benzene rings is 2. The van der Waals surface area contributed by atoms with E-state index in [9.17, 15) is 23.2 Å². The summed E-state index contributed by atoms with van der Waals surface area (Å²) in [6.45, 7) is -0.438. The molecule has 1 aliphatic carbocycles. The molecule has 2 aromatic carbocycles. The molecule has 138 valence electrons. The van der Waals surface area contributed by atoms with Crippen LogP contribution >= 0.6 is 15.9 Å². The lowest BCUT2D eigenvalue weighted by molar-refractivity contribution is -0.121. The Bertz CT molecular complexity index is 975. The third kappa shape index (κ3) is 3.14. The highest BCUT2D eigenvalue weighted by atomic mass is 79.9. The second-order valence-electron chi connectivity index (χ2n) is 6.54. The molecule has 2 aromatic rings. The summed E-state index contributed by atoms with van der Waals surface area (Å²) in [6, 6.07) is 7.91. The number of fused-ring (bicyclic) bond motifs is 1. The summed E-state index contributed by atoms with van der Waals surface area (Å²) in [5.74, 6) is -3.38. The van der Waals surface area contributed by atoms with Gasteiger partial charge in [-0.2, -0.15) is 0 Å². The van der Waals surface area contributed by atoms with Gasteiger partial charge in [-0.3, -0.25) is 19.3 Å². The van der Waals surface area contributed by atoms with Crippen molar-refractivity contribution in [3.8, 4) is 0 Å². The zero-order valence-corrected chi connectivity index (χ0v) is 15.4. The van der Waals surface area contributed by atoms with Crippen LogP contribution < -0.4 is 5.32 Å². The molecular weight excluding hydrogens is 422 g/mol. The fraction of sp³-hybridized carbons (Fsp3) is 0.211. The molecule has 3 amide bonds. The van der Waals surface area contributed by atoms with Gasteiger partial charge in [0.25, 0.3) is 11.8 Å². The average Bonchev–Trinajstić information content (AvgIpc) is 3.31. The van der Waals surface area contributed by atoms with Crippen LogP contribution in [0.3, 0.4) is 0 Å². The van der Waals surface area contributed by atoms with E-state index < -0.39 is 47.9 Å². The molecule has 0 saturated heterocycles. The number of halogens is 3. The van der Waals surface area contributed by atoms with Crippen LogP contribution in [0.15, 0.2) is 40.9 Å². The molecule has 1 fully saturated rings. The predicted octanol–water partition coefficient (Wildman–Crippen LogP) is 3.00. The second kappa shape index (κ2) is 6.53. The van der Waals surface area contributed by atoms with Crippen LogP contribution in [0.4, 0.5) is 8.78 Å². The Balaban J connectivity index is 1.42. The number of hydrogen-bond acceptors (Lipinski definition) is 3. The summed E-state index contributed by atoms with van der Waals surface area (Å²) in [4.78, 5) is 37.8. The molecule has 0 radical (unpaired) electrons. The van der Waals surface area contributed by atoms with Gasteiger partial charge in [0, 0.05) is 22.0 Å². The minimum Gasteiger partial charge on any atom is -0.351 e. The number of amides is 3. The minimum atomic E-state index is -0.650. The normalized spacial score (nSPS) is 20.6. The first kappa shape index (κ1) is 17.8. The minimum absolute atomic E-state index is 0.0478. The van der Waals surface area contributed by atoms with Crippen LogP contribution in [0.2, 0.25) is 0 Å². The molecule has 8 heteroatoms. The molecule has 0 unspecified atom stereocenters. The Hall–Kier alpha value is -2.61. The molecule has 1 heterocycles. The van der Waals surface area contributed by atoms with Gasteiger partial charge in [-0.25, -0.2) is 8.78 Å². The van der Waals surface area contributed by atoms with Crippen LogP contribution in [-0.4, -0.2) is 35.2 Å². The van der Waals surface area contributed by atoms with Gasteiger partial charge in [-0.05, 0) is 36.8 Å². The maximum absolute atomic E-state index is 13.8. The Labute approximate surface area is 161 Å². The molecule has 2 atom stereocenters. The quantitative estimate of drug-likeness (QED) is 0.752. The first-order valence-corrected chi connectivity index (χ1v) is 9.05. The van der Waals surface area contributed by atoms with E-state index in [2.05, 4.69) is 21.2 Å². The van der Waals surface area contributed by atoms with Crippen molar-refractivity contribution in [2.75, 3.05) is 6.54 Å². The molecule has 27 heavy (non-hydrogen) atoms. The Morgan fingerprint density at radius 3 is 2.48 bits per heavy atom. The maximum Gasteiger partial charge on any atom is 0.262 e. The van der Waals surface area contributed by atoms with Gasteiger partial charge in [0.05, 0.1) is 11.1 Å². The van der Waals surface area contributed by atoms with Crippen molar-refractivity contribution < 1.29 is 23.2 Å². The monoisotopic (exact) mass is 434 g/mol. The third-order valence-corrected chi connectivity index (χ3v) is 5.24. The Morgan fingerprint density at radius 1 is 1.11 bits per heavy atom. The number of carbonyl (C=O) groups is 3. The number of nitrogens with one attached hydrogen (secondary N) is 1. The van der Waals surface area contributed by atoms with Crippen molar-refractivity contribution in [3.63, 3.8) is 0 Å². The van der Waals surface area contributed by atoms with Gasteiger partial charge >= 0.3 is 0 Å². The topological polar surface area (TPSA) is 66.5 Å². The van der Waals surface area contributed by atoms with Gasteiger partial charge in [-0.1, -0.05) is 22.0 Å². The molecule has 0 aromatic heterocycles. The van der Waals surface area contributed by atoms with Crippen LogP contribution in [0.1, 0.15) is 38.6 Å². The molecule has 1 aliphatic heterocycles. The number of nitrogens with zero attached hydrogens (tertiary/aromatic N) is 1. The first-order valence-electron chi connectivity index (χ1n) is 8.26.